The molecule has 2 rings (SSSR count). The maximum atomic E-state index is 8.81. The second-order valence-corrected chi connectivity index (χ2v) is 4.64. The van der Waals surface area contributed by atoms with Crippen LogP contribution < -0.4 is 0 Å². The van der Waals surface area contributed by atoms with Gasteiger partial charge < -0.3 is 5.11 Å². The summed E-state index contributed by atoms with van der Waals surface area (Å²) in [6.45, 7) is 10.6. The van der Waals surface area contributed by atoms with Gasteiger partial charge in [-0.25, -0.2) is 5.57 Å². The molecule has 1 unspecified atom stereocenters. The summed E-state index contributed by atoms with van der Waals surface area (Å²) in [6, 6.07) is 7.15. The number of hydrogen-bond acceptors (Lipinski definition) is 1. The van der Waals surface area contributed by atoms with E-state index in [2.05, 4.69) is 33.8 Å². The Hall–Kier alpha value is -0.786. The van der Waals surface area contributed by atoms with Gasteiger partial charge in [0, 0.05) is 21.7 Å². The summed E-state index contributed by atoms with van der Waals surface area (Å²) in [5.74, 6) is 0.898. The predicted molar refractivity (Wildman–Crippen MR) is 72.8 cm³/mol. The van der Waals surface area contributed by atoms with Crippen LogP contribution in [0.2, 0.25) is 0 Å². The summed E-state index contributed by atoms with van der Waals surface area (Å²) in [7, 11) is 0. The summed E-state index contributed by atoms with van der Waals surface area (Å²) in [6.07, 6.45) is 3.36. The van der Waals surface area contributed by atoms with Gasteiger partial charge in [0.25, 0.3) is 0 Å². The Morgan fingerprint density at radius 1 is 1.11 bits per heavy atom. The minimum atomic E-state index is 0. The molecule has 2 heteroatoms. The number of phenols is 1. The van der Waals surface area contributed by atoms with Crippen LogP contribution in [0.5, 0.6) is 5.75 Å². The van der Waals surface area contributed by atoms with Crippen molar-refractivity contribution in [2.24, 2.45) is 5.92 Å². The van der Waals surface area contributed by atoms with Crippen molar-refractivity contribution in [1.82, 2.24) is 0 Å². The van der Waals surface area contributed by atoms with E-state index in [0.717, 1.165) is 5.56 Å². The summed E-state index contributed by atoms with van der Waals surface area (Å²) in [5, 5.41) is 8.81. The molecular formula is C16H21OTi-. The van der Waals surface area contributed by atoms with E-state index in [4.69, 9.17) is 5.11 Å². The summed E-state index contributed by atoms with van der Waals surface area (Å²) < 4.78 is 0. The van der Waals surface area contributed by atoms with E-state index in [0.29, 0.717) is 11.7 Å². The van der Waals surface area contributed by atoms with Crippen LogP contribution in [-0.2, 0) is 21.7 Å². The van der Waals surface area contributed by atoms with Crippen molar-refractivity contribution in [3.8, 4) is 5.75 Å². The minimum absolute atomic E-state index is 0. The van der Waals surface area contributed by atoms with Crippen molar-refractivity contribution in [2.75, 3.05) is 0 Å². The Labute approximate surface area is 126 Å². The average molecular weight is 277 g/mol. The van der Waals surface area contributed by atoms with Crippen molar-refractivity contribution in [2.45, 2.75) is 34.6 Å². The zero-order chi connectivity index (χ0) is 13.0. The summed E-state index contributed by atoms with van der Waals surface area (Å²) in [5.41, 5.74) is 5.33. The Morgan fingerprint density at radius 3 is 1.94 bits per heavy atom. The number of aryl methyl sites for hydroxylation is 1. The molecule has 0 saturated carbocycles. The second kappa shape index (κ2) is 7.61. The molecule has 1 aliphatic rings. The molecule has 1 atom stereocenters. The van der Waals surface area contributed by atoms with Gasteiger partial charge in [-0.3, -0.25) is 6.08 Å². The molecule has 0 heterocycles. The number of rotatable bonds is 0. The molecule has 0 amide bonds. The molecule has 1 aromatic carbocycles. The van der Waals surface area contributed by atoms with Gasteiger partial charge in [0.1, 0.15) is 5.75 Å². The van der Waals surface area contributed by atoms with E-state index in [9.17, 15) is 0 Å². The third kappa shape index (κ3) is 4.84. The normalized spacial score (nSPS) is 17.6. The van der Waals surface area contributed by atoms with Crippen LogP contribution in [0.4, 0.5) is 0 Å². The molecule has 0 saturated heterocycles. The van der Waals surface area contributed by atoms with E-state index in [1.165, 1.54) is 16.7 Å². The monoisotopic (exact) mass is 277 g/mol. The fourth-order valence-electron chi connectivity index (χ4n) is 1.79. The van der Waals surface area contributed by atoms with Crippen molar-refractivity contribution in [3.63, 3.8) is 0 Å². The molecule has 0 aromatic heterocycles. The third-order valence-electron chi connectivity index (χ3n) is 3.24. The third-order valence-corrected chi connectivity index (χ3v) is 3.24. The Balaban J connectivity index is 0.000000306. The van der Waals surface area contributed by atoms with Crippen LogP contribution >= 0.6 is 0 Å². The Bertz CT molecular complexity index is 441. The van der Waals surface area contributed by atoms with Gasteiger partial charge >= 0.3 is 0 Å². The quantitative estimate of drug-likeness (QED) is 0.549. The Morgan fingerprint density at radius 2 is 1.72 bits per heavy atom. The molecule has 18 heavy (non-hydrogen) atoms. The zero-order valence-electron chi connectivity index (χ0n) is 11.8. The largest absolute Gasteiger partial charge is 0.508 e. The van der Waals surface area contributed by atoms with Gasteiger partial charge in [0.2, 0.25) is 0 Å². The van der Waals surface area contributed by atoms with Crippen LogP contribution in [0.3, 0.4) is 0 Å². The second-order valence-electron chi connectivity index (χ2n) is 4.64. The number of allylic oxidation sites excluding steroid dienone is 4. The fraction of sp³-hybridized carbons (Fsp3) is 0.375. The van der Waals surface area contributed by atoms with Crippen LogP contribution in [-0.4, -0.2) is 5.11 Å². The van der Waals surface area contributed by atoms with E-state index in [1.807, 2.05) is 19.1 Å². The number of benzene rings is 1. The van der Waals surface area contributed by atoms with Crippen LogP contribution in [0.25, 0.3) is 0 Å². The first-order chi connectivity index (χ1) is 7.91. The van der Waals surface area contributed by atoms with E-state index in [1.54, 1.807) is 12.1 Å². The number of hydrogen-bond donors (Lipinski definition) is 1. The van der Waals surface area contributed by atoms with Gasteiger partial charge in [-0.05, 0) is 24.6 Å². The first-order valence-corrected chi connectivity index (χ1v) is 5.95. The van der Waals surface area contributed by atoms with Crippen molar-refractivity contribution >= 4 is 0 Å². The maximum Gasteiger partial charge on any atom is 0.115 e. The molecule has 0 spiro atoms. The minimum Gasteiger partial charge on any atom is -0.508 e. The molecular weight excluding hydrogens is 256 g/mol. The molecule has 0 fully saturated rings. The summed E-state index contributed by atoms with van der Waals surface area (Å²) >= 11 is 0. The van der Waals surface area contributed by atoms with E-state index >= 15 is 0 Å². The van der Waals surface area contributed by atoms with Crippen LogP contribution in [0, 0.1) is 18.9 Å². The molecule has 0 aliphatic heterocycles. The SMILES string of the molecule is CC1=[C-]C(C)C(C)=C1C.Cc1cccc(O)c1.[Ti]. The fourth-order valence-corrected chi connectivity index (χ4v) is 1.79. The molecule has 0 bridgehead atoms. The predicted octanol–water partition coefficient (Wildman–Crippen LogP) is 4.42. The van der Waals surface area contributed by atoms with Gasteiger partial charge in [-0.2, -0.15) is 11.1 Å². The smallest absolute Gasteiger partial charge is 0.115 e. The van der Waals surface area contributed by atoms with Gasteiger partial charge in [-0.1, -0.05) is 38.8 Å². The molecule has 1 aliphatic carbocycles. The Kier molecular flexibility index (Phi) is 7.27. The van der Waals surface area contributed by atoms with Crippen LogP contribution in [0.15, 0.2) is 41.0 Å². The zero-order valence-corrected chi connectivity index (χ0v) is 13.4. The summed E-state index contributed by atoms with van der Waals surface area (Å²) in [4.78, 5) is 0. The first kappa shape index (κ1) is 17.2. The molecule has 1 N–H and O–H groups in total. The standard InChI is InChI=1S/C9H13.C7H8O.Ti/c1-6-5-7(2)9(4)8(6)3;1-6-3-2-4-7(8)5-6;/h6H,1-4H3;2-5,8H,1H3;/q-1;;. The van der Waals surface area contributed by atoms with Gasteiger partial charge in [0.05, 0.1) is 0 Å². The van der Waals surface area contributed by atoms with Gasteiger partial charge in [0.15, 0.2) is 0 Å². The van der Waals surface area contributed by atoms with Crippen molar-refractivity contribution < 1.29 is 26.8 Å². The maximum absolute atomic E-state index is 8.81. The average Bonchev–Trinajstić information content (AvgIpc) is 2.46. The van der Waals surface area contributed by atoms with E-state index in [-0.39, 0.29) is 21.7 Å². The van der Waals surface area contributed by atoms with Crippen LogP contribution in [0.1, 0.15) is 33.3 Å². The topological polar surface area (TPSA) is 20.2 Å². The van der Waals surface area contributed by atoms with Crippen molar-refractivity contribution in [1.29, 1.82) is 0 Å². The number of phenolic OH excluding ortho intramolecular Hbond substituents is 1. The molecule has 0 radical (unpaired) electrons. The first-order valence-electron chi connectivity index (χ1n) is 5.95. The number of aromatic hydroxyl groups is 1. The van der Waals surface area contributed by atoms with E-state index < -0.39 is 0 Å². The van der Waals surface area contributed by atoms with Crippen molar-refractivity contribution in [3.05, 3.63) is 52.6 Å². The molecule has 96 valence electrons. The van der Waals surface area contributed by atoms with Gasteiger partial charge in [-0.15, -0.1) is 6.92 Å². The molecule has 1 nitrogen and oxygen atoms in total. The molecule has 1 aromatic rings.